The minimum Gasteiger partial charge on any atom is -0.476 e. The molecule has 0 bridgehead atoms. The van der Waals surface area contributed by atoms with E-state index >= 15 is 0 Å². The van der Waals surface area contributed by atoms with Crippen LogP contribution in [0.4, 0.5) is 0 Å². The van der Waals surface area contributed by atoms with Crippen molar-refractivity contribution >= 4 is 23.2 Å². The lowest BCUT2D eigenvalue weighted by atomic mass is 10.0. The number of thiazole rings is 1. The number of nitrogens with one attached hydrogen (secondary N) is 1. The number of aromatic nitrogens is 1. The number of carbonyl (C=O) groups is 2. The van der Waals surface area contributed by atoms with Gasteiger partial charge in [0.15, 0.2) is 5.69 Å². The van der Waals surface area contributed by atoms with Crippen LogP contribution in [-0.4, -0.2) is 22.0 Å². The van der Waals surface area contributed by atoms with Crippen LogP contribution in [0.15, 0.2) is 5.38 Å². The van der Waals surface area contributed by atoms with E-state index in [0.29, 0.717) is 23.4 Å². The van der Waals surface area contributed by atoms with Crippen LogP contribution in [0.3, 0.4) is 0 Å². The van der Waals surface area contributed by atoms with Gasteiger partial charge in [0.1, 0.15) is 5.01 Å². The Morgan fingerprint density at radius 1 is 1.37 bits per heavy atom. The first kappa shape index (κ1) is 12.6. The number of fused-ring (bicyclic) bond motifs is 1. The molecule has 2 N–H and O–H groups in total. The Morgan fingerprint density at radius 2 is 2.05 bits per heavy atom. The molecular weight excluding hydrogens is 264 g/mol. The van der Waals surface area contributed by atoms with Gasteiger partial charge in [0.05, 0.1) is 6.54 Å². The van der Waals surface area contributed by atoms with Gasteiger partial charge in [0, 0.05) is 11.3 Å². The van der Waals surface area contributed by atoms with Gasteiger partial charge in [0.25, 0.3) is 0 Å². The Kier molecular flexibility index (Phi) is 3.26. The summed E-state index contributed by atoms with van der Waals surface area (Å²) < 4.78 is 0. The molecule has 6 heteroatoms. The van der Waals surface area contributed by atoms with Crippen molar-refractivity contribution in [3.63, 3.8) is 0 Å². The second kappa shape index (κ2) is 4.92. The quantitative estimate of drug-likeness (QED) is 0.882. The van der Waals surface area contributed by atoms with E-state index in [1.165, 1.54) is 42.4 Å². The zero-order valence-corrected chi connectivity index (χ0v) is 11.3. The van der Waals surface area contributed by atoms with Crippen LogP contribution in [0, 0.1) is 17.8 Å². The monoisotopic (exact) mass is 280 g/mol. The van der Waals surface area contributed by atoms with Crippen molar-refractivity contribution in [2.45, 2.75) is 32.2 Å². The summed E-state index contributed by atoms with van der Waals surface area (Å²) in [5, 5.41) is 13.8. The molecule has 3 rings (SSSR count). The van der Waals surface area contributed by atoms with Crippen molar-refractivity contribution in [3.05, 3.63) is 16.1 Å². The normalized spacial score (nSPS) is 28.5. The van der Waals surface area contributed by atoms with Crippen molar-refractivity contribution in [3.8, 4) is 0 Å². The largest absolute Gasteiger partial charge is 0.476 e. The highest BCUT2D eigenvalue weighted by Crippen LogP contribution is 2.55. The number of carboxylic acid groups (broad SMARTS) is 1. The van der Waals surface area contributed by atoms with Gasteiger partial charge in [-0.1, -0.05) is 12.8 Å². The number of carbonyl (C=O) groups excluding carboxylic acids is 1. The summed E-state index contributed by atoms with van der Waals surface area (Å²) in [6.45, 7) is 0.340. The minimum absolute atomic E-state index is 0.0503. The van der Waals surface area contributed by atoms with Gasteiger partial charge in [-0.2, -0.15) is 0 Å². The van der Waals surface area contributed by atoms with Crippen molar-refractivity contribution < 1.29 is 14.7 Å². The predicted octanol–water partition coefficient (Wildman–Crippen LogP) is 1.89. The third-order valence-electron chi connectivity index (χ3n) is 4.14. The summed E-state index contributed by atoms with van der Waals surface area (Å²) in [5.41, 5.74) is 0.0503. The van der Waals surface area contributed by atoms with E-state index in [-0.39, 0.29) is 17.5 Å². The van der Waals surface area contributed by atoms with Crippen LogP contribution in [0.5, 0.6) is 0 Å². The van der Waals surface area contributed by atoms with Crippen molar-refractivity contribution in [2.75, 3.05) is 0 Å². The Labute approximate surface area is 115 Å². The molecular formula is C13H16N2O3S. The fourth-order valence-corrected chi connectivity index (χ4v) is 3.86. The van der Waals surface area contributed by atoms with E-state index in [1.807, 2.05) is 0 Å². The second-order valence-corrected chi connectivity index (χ2v) is 6.23. The van der Waals surface area contributed by atoms with Crippen molar-refractivity contribution in [2.24, 2.45) is 17.8 Å². The number of amides is 1. The zero-order valence-electron chi connectivity index (χ0n) is 10.5. The highest BCUT2D eigenvalue weighted by atomic mass is 32.1. The SMILES string of the molecule is O=C(O)c1csc(CNC(=O)C2C3CCCCC32)n1. The van der Waals surface area contributed by atoms with Crippen molar-refractivity contribution in [1.29, 1.82) is 0 Å². The first-order valence-electron chi connectivity index (χ1n) is 6.62. The lowest BCUT2D eigenvalue weighted by Crippen LogP contribution is -2.25. The average Bonchev–Trinajstić information content (AvgIpc) is 2.93. The van der Waals surface area contributed by atoms with Gasteiger partial charge in [-0.15, -0.1) is 11.3 Å². The molecule has 1 amide bonds. The first-order chi connectivity index (χ1) is 9.16. The van der Waals surface area contributed by atoms with Crippen LogP contribution >= 0.6 is 11.3 Å². The first-order valence-corrected chi connectivity index (χ1v) is 7.50. The molecule has 1 aromatic heterocycles. The maximum atomic E-state index is 12.0. The summed E-state index contributed by atoms with van der Waals surface area (Å²) >= 11 is 1.27. The van der Waals surface area contributed by atoms with Gasteiger partial charge in [-0.05, 0) is 24.7 Å². The van der Waals surface area contributed by atoms with Crippen LogP contribution in [0.2, 0.25) is 0 Å². The molecule has 2 unspecified atom stereocenters. The third kappa shape index (κ3) is 2.49. The van der Waals surface area contributed by atoms with E-state index in [1.54, 1.807) is 0 Å². The summed E-state index contributed by atoms with van der Waals surface area (Å²) in [4.78, 5) is 26.7. The lowest BCUT2D eigenvalue weighted by molar-refractivity contribution is -0.123. The molecule has 0 aromatic carbocycles. The smallest absolute Gasteiger partial charge is 0.355 e. The van der Waals surface area contributed by atoms with E-state index in [2.05, 4.69) is 10.3 Å². The number of carboxylic acids is 1. The molecule has 2 atom stereocenters. The van der Waals surface area contributed by atoms with Gasteiger partial charge in [-0.25, -0.2) is 9.78 Å². The Morgan fingerprint density at radius 3 is 2.63 bits per heavy atom. The summed E-state index contributed by atoms with van der Waals surface area (Å²) in [6.07, 6.45) is 4.87. The maximum Gasteiger partial charge on any atom is 0.355 e. The molecule has 19 heavy (non-hydrogen) atoms. The predicted molar refractivity (Wildman–Crippen MR) is 69.9 cm³/mol. The number of nitrogens with zero attached hydrogens (tertiary/aromatic N) is 1. The summed E-state index contributed by atoms with van der Waals surface area (Å²) in [5.74, 6) is 0.478. The molecule has 1 aromatic rings. The molecule has 2 aliphatic carbocycles. The van der Waals surface area contributed by atoms with Crippen molar-refractivity contribution in [1.82, 2.24) is 10.3 Å². The highest BCUT2D eigenvalue weighted by molar-refractivity contribution is 7.09. The van der Waals surface area contributed by atoms with Crippen LogP contribution in [0.1, 0.15) is 41.2 Å². The number of rotatable bonds is 4. The maximum absolute atomic E-state index is 12.0. The van der Waals surface area contributed by atoms with E-state index in [0.717, 1.165) is 0 Å². The van der Waals surface area contributed by atoms with Gasteiger partial charge in [0.2, 0.25) is 5.91 Å². The highest BCUT2D eigenvalue weighted by Gasteiger charge is 2.54. The topological polar surface area (TPSA) is 79.3 Å². The number of hydrogen-bond donors (Lipinski definition) is 2. The zero-order chi connectivity index (χ0) is 13.4. The Hall–Kier alpha value is -1.43. The fraction of sp³-hybridized carbons (Fsp3) is 0.615. The molecule has 102 valence electrons. The van der Waals surface area contributed by atoms with Gasteiger partial charge >= 0.3 is 5.97 Å². The third-order valence-corrected chi connectivity index (χ3v) is 4.99. The average molecular weight is 280 g/mol. The van der Waals surface area contributed by atoms with Gasteiger partial charge in [-0.3, -0.25) is 4.79 Å². The van der Waals surface area contributed by atoms with Crippen LogP contribution in [-0.2, 0) is 11.3 Å². The molecule has 0 saturated heterocycles. The molecule has 0 spiro atoms. The van der Waals surface area contributed by atoms with E-state index < -0.39 is 5.97 Å². The summed E-state index contributed by atoms with van der Waals surface area (Å²) in [6, 6.07) is 0. The standard InChI is InChI=1S/C13H16N2O3S/c16-12(11-7-3-1-2-4-8(7)11)14-5-10-15-9(6-19-10)13(17)18/h6-8,11H,1-5H2,(H,14,16)(H,17,18). The van der Waals surface area contributed by atoms with E-state index in [9.17, 15) is 9.59 Å². The molecule has 0 radical (unpaired) electrons. The molecule has 2 fully saturated rings. The van der Waals surface area contributed by atoms with E-state index in [4.69, 9.17) is 5.11 Å². The molecule has 1 heterocycles. The number of hydrogen-bond acceptors (Lipinski definition) is 4. The molecule has 2 saturated carbocycles. The summed E-state index contributed by atoms with van der Waals surface area (Å²) in [7, 11) is 0. The molecule has 5 nitrogen and oxygen atoms in total. The molecule has 2 aliphatic rings. The Balaban J connectivity index is 1.52. The molecule has 0 aliphatic heterocycles. The Bertz CT molecular complexity index is 502. The fourth-order valence-electron chi connectivity index (χ4n) is 3.15. The lowest BCUT2D eigenvalue weighted by Gasteiger charge is -2.04. The number of aromatic carboxylic acids is 1. The minimum atomic E-state index is -1.03. The van der Waals surface area contributed by atoms with Crippen LogP contribution < -0.4 is 5.32 Å². The van der Waals surface area contributed by atoms with Gasteiger partial charge < -0.3 is 10.4 Å². The van der Waals surface area contributed by atoms with Crippen LogP contribution in [0.25, 0.3) is 0 Å². The second-order valence-electron chi connectivity index (χ2n) is 5.29.